The van der Waals surface area contributed by atoms with Gasteiger partial charge in [0.15, 0.2) is 0 Å². The molecular formula is C13H22ClN3S. The van der Waals surface area contributed by atoms with E-state index in [1.165, 1.54) is 25.9 Å². The molecule has 1 atom stereocenters. The summed E-state index contributed by atoms with van der Waals surface area (Å²) in [6.45, 7) is 8.87. The molecule has 1 saturated heterocycles. The number of thiazole rings is 1. The zero-order valence-corrected chi connectivity index (χ0v) is 12.7. The Hall–Kier alpha value is -0.160. The summed E-state index contributed by atoms with van der Waals surface area (Å²) in [6, 6.07) is 0.582. The summed E-state index contributed by atoms with van der Waals surface area (Å²) in [5.41, 5.74) is 0. The van der Waals surface area contributed by atoms with Crippen LogP contribution in [0.1, 0.15) is 31.7 Å². The average molecular weight is 288 g/mol. The Kier molecular flexibility index (Phi) is 5.42. The molecule has 1 N–H and O–H groups in total. The minimum absolute atomic E-state index is 0.582. The molecule has 0 spiro atoms. The Balaban J connectivity index is 1.79. The van der Waals surface area contributed by atoms with Gasteiger partial charge in [-0.2, -0.15) is 0 Å². The maximum absolute atomic E-state index is 5.92. The lowest BCUT2D eigenvalue weighted by molar-refractivity contribution is 0.164. The van der Waals surface area contributed by atoms with E-state index >= 15 is 0 Å². The van der Waals surface area contributed by atoms with Crippen LogP contribution < -0.4 is 5.32 Å². The number of likely N-dealkylation sites (tertiary alicyclic amines) is 1. The maximum Gasteiger partial charge on any atom is 0.113 e. The summed E-state index contributed by atoms with van der Waals surface area (Å²) in [7, 11) is 0. The monoisotopic (exact) mass is 287 g/mol. The maximum atomic E-state index is 5.92. The fraction of sp³-hybridized carbons (Fsp3) is 0.769. The van der Waals surface area contributed by atoms with Gasteiger partial charge in [0.2, 0.25) is 0 Å². The molecule has 3 nitrogen and oxygen atoms in total. The standard InChI is InChI=1S/C13H22ClN3S/c1-10(2)15-6-11-4-3-5-17(8-11)9-13-16-7-12(14)18-13/h7,10-11,15H,3-6,8-9H2,1-2H3. The van der Waals surface area contributed by atoms with Gasteiger partial charge in [-0.05, 0) is 31.8 Å². The van der Waals surface area contributed by atoms with Crippen molar-refractivity contribution in [1.82, 2.24) is 15.2 Å². The van der Waals surface area contributed by atoms with Crippen molar-refractivity contribution in [3.8, 4) is 0 Å². The van der Waals surface area contributed by atoms with E-state index in [2.05, 4.69) is 29.0 Å². The third-order valence-corrected chi connectivity index (χ3v) is 4.40. The number of nitrogens with zero attached hydrogens (tertiary/aromatic N) is 2. The molecule has 0 aliphatic carbocycles. The van der Waals surface area contributed by atoms with Crippen molar-refractivity contribution in [1.29, 1.82) is 0 Å². The Morgan fingerprint density at radius 3 is 3.11 bits per heavy atom. The Labute approximate surface area is 119 Å². The quantitative estimate of drug-likeness (QED) is 0.902. The lowest BCUT2D eigenvalue weighted by Crippen LogP contribution is -2.40. The summed E-state index contributed by atoms with van der Waals surface area (Å²) in [4.78, 5) is 6.84. The third-order valence-electron chi connectivity index (χ3n) is 3.30. The second kappa shape index (κ2) is 6.85. The van der Waals surface area contributed by atoms with Crippen LogP contribution in [0.2, 0.25) is 4.34 Å². The molecule has 102 valence electrons. The van der Waals surface area contributed by atoms with Gasteiger partial charge in [0, 0.05) is 12.6 Å². The largest absolute Gasteiger partial charge is 0.314 e. The normalized spacial score (nSPS) is 21.7. The first kappa shape index (κ1) is 14.3. The van der Waals surface area contributed by atoms with E-state index in [1.807, 2.05) is 0 Å². The van der Waals surface area contributed by atoms with Crippen LogP contribution >= 0.6 is 22.9 Å². The van der Waals surface area contributed by atoms with Crippen molar-refractivity contribution in [2.24, 2.45) is 5.92 Å². The van der Waals surface area contributed by atoms with Crippen LogP contribution in [0.25, 0.3) is 0 Å². The SMILES string of the molecule is CC(C)NCC1CCCN(Cc2ncc(Cl)s2)C1. The summed E-state index contributed by atoms with van der Waals surface area (Å²) in [6.07, 6.45) is 4.39. The molecule has 1 aromatic rings. The predicted molar refractivity (Wildman–Crippen MR) is 78.3 cm³/mol. The van der Waals surface area contributed by atoms with Gasteiger partial charge in [-0.15, -0.1) is 11.3 Å². The van der Waals surface area contributed by atoms with Crippen LogP contribution in [0.4, 0.5) is 0 Å². The van der Waals surface area contributed by atoms with E-state index in [0.717, 1.165) is 28.4 Å². The van der Waals surface area contributed by atoms with Gasteiger partial charge < -0.3 is 5.32 Å². The van der Waals surface area contributed by atoms with Crippen LogP contribution in [0.3, 0.4) is 0 Å². The molecule has 18 heavy (non-hydrogen) atoms. The lowest BCUT2D eigenvalue weighted by Gasteiger charge is -2.32. The highest BCUT2D eigenvalue weighted by molar-refractivity contribution is 7.15. The van der Waals surface area contributed by atoms with Crippen molar-refractivity contribution < 1.29 is 0 Å². The van der Waals surface area contributed by atoms with E-state index in [9.17, 15) is 0 Å². The number of rotatable bonds is 5. The molecule has 1 fully saturated rings. The number of aromatic nitrogens is 1. The van der Waals surface area contributed by atoms with Gasteiger partial charge in [0.25, 0.3) is 0 Å². The average Bonchev–Trinajstić information content (AvgIpc) is 2.73. The molecule has 0 amide bonds. The van der Waals surface area contributed by atoms with E-state index in [0.29, 0.717) is 6.04 Å². The van der Waals surface area contributed by atoms with Gasteiger partial charge in [-0.1, -0.05) is 25.4 Å². The van der Waals surface area contributed by atoms with Crippen LogP contribution in [-0.4, -0.2) is 35.6 Å². The molecule has 0 bridgehead atoms. The van der Waals surface area contributed by atoms with E-state index < -0.39 is 0 Å². The van der Waals surface area contributed by atoms with Crippen LogP contribution in [0.15, 0.2) is 6.20 Å². The summed E-state index contributed by atoms with van der Waals surface area (Å²) in [5.74, 6) is 0.775. The molecule has 0 aromatic carbocycles. The number of piperidine rings is 1. The minimum Gasteiger partial charge on any atom is -0.314 e. The van der Waals surface area contributed by atoms with Crippen LogP contribution in [-0.2, 0) is 6.54 Å². The molecular weight excluding hydrogens is 266 g/mol. The second-order valence-corrected chi connectivity index (χ2v) is 7.11. The fourth-order valence-electron chi connectivity index (χ4n) is 2.42. The first-order chi connectivity index (χ1) is 8.63. The Morgan fingerprint density at radius 1 is 1.61 bits per heavy atom. The summed E-state index contributed by atoms with van der Waals surface area (Å²) < 4.78 is 0.792. The smallest absolute Gasteiger partial charge is 0.113 e. The van der Waals surface area contributed by atoms with Crippen molar-refractivity contribution in [3.63, 3.8) is 0 Å². The van der Waals surface area contributed by atoms with Gasteiger partial charge in [0.05, 0.1) is 12.7 Å². The molecule has 1 unspecified atom stereocenters. The first-order valence-corrected chi connectivity index (χ1v) is 7.89. The molecule has 1 aromatic heterocycles. The number of hydrogen-bond donors (Lipinski definition) is 1. The van der Waals surface area contributed by atoms with E-state index in [-0.39, 0.29) is 0 Å². The topological polar surface area (TPSA) is 28.2 Å². The predicted octanol–water partition coefficient (Wildman–Crippen LogP) is 3.01. The lowest BCUT2D eigenvalue weighted by atomic mass is 9.98. The highest BCUT2D eigenvalue weighted by Gasteiger charge is 2.20. The van der Waals surface area contributed by atoms with Crippen LogP contribution in [0.5, 0.6) is 0 Å². The molecule has 5 heteroatoms. The fourth-order valence-corrected chi connectivity index (χ4v) is 3.42. The number of hydrogen-bond acceptors (Lipinski definition) is 4. The highest BCUT2D eigenvalue weighted by Crippen LogP contribution is 2.22. The zero-order valence-electron chi connectivity index (χ0n) is 11.2. The number of halogens is 1. The zero-order chi connectivity index (χ0) is 13.0. The van der Waals surface area contributed by atoms with Gasteiger partial charge >= 0.3 is 0 Å². The summed E-state index contributed by atoms with van der Waals surface area (Å²) in [5, 5.41) is 4.68. The Bertz CT molecular complexity index is 367. The molecule has 0 saturated carbocycles. The van der Waals surface area contributed by atoms with Gasteiger partial charge in [-0.3, -0.25) is 4.90 Å². The van der Waals surface area contributed by atoms with Crippen LogP contribution in [0, 0.1) is 5.92 Å². The summed E-state index contributed by atoms with van der Waals surface area (Å²) >= 11 is 7.52. The second-order valence-electron chi connectivity index (χ2n) is 5.36. The molecule has 2 rings (SSSR count). The van der Waals surface area contributed by atoms with E-state index in [4.69, 9.17) is 11.6 Å². The first-order valence-electron chi connectivity index (χ1n) is 6.69. The molecule has 0 radical (unpaired) electrons. The van der Waals surface area contributed by atoms with E-state index in [1.54, 1.807) is 17.5 Å². The molecule has 1 aliphatic rings. The minimum atomic E-state index is 0.582. The van der Waals surface area contributed by atoms with Crippen molar-refractivity contribution >= 4 is 22.9 Å². The Morgan fingerprint density at radius 2 is 2.44 bits per heavy atom. The van der Waals surface area contributed by atoms with Crippen molar-refractivity contribution in [2.45, 2.75) is 39.3 Å². The van der Waals surface area contributed by atoms with Crippen molar-refractivity contribution in [2.75, 3.05) is 19.6 Å². The van der Waals surface area contributed by atoms with Gasteiger partial charge in [-0.25, -0.2) is 4.98 Å². The number of nitrogens with one attached hydrogen (secondary N) is 1. The molecule has 1 aliphatic heterocycles. The van der Waals surface area contributed by atoms with Crippen molar-refractivity contribution in [3.05, 3.63) is 15.5 Å². The highest BCUT2D eigenvalue weighted by atomic mass is 35.5. The third kappa shape index (κ3) is 4.50. The molecule has 2 heterocycles. The van der Waals surface area contributed by atoms with Gasteiger partial charge in [0.1, 0.15) is 9.34 Å².